The van der Waals surface area contributed by atoms with Crippen molar-refractivity contribution < 1.29 is 14.3 Å². The van der Waals surface area contributed by atoms with Gasteiger partial charge in [0.15, 0.2) is 6.10 Å². The summed E-state index contributed by atoms with van der Waals surface area (Å²) in [6.07, 6.45) is 2.23. The van der Waals surface area contributed by atoms with E-state index in [1.165, 1.54) is 5.56 Å². The van der Waals surface area contributed by atoms with Gasteiger partial charge in [-0.1, -0.05) is 60.7 Å². The average molecular weight is 395 g/mol. The van der Waals surface area contributed by atoms with Gasteiger partial charge in [-0.15, -0.1) is 0 Å². The highest BCUT2D eigenvalue weighted by Gasteiger charge is 2.30. The highest BCUT2D eigenvalue weighted by atomic mass is 16.5. The van der Waals surface area contributed by atoms with E-state index in [9.17, 15) is 9.59 Å². The van der Waals surface area contributed by atoms with Crippen LogP contribution in [0.25, 0.3) is 0 Å². The minimum absolute atomic E-state index is 0.00639. The number of carbonyl (C=O) groups excluding carboxylic acids is 2. The molecule has 1 heterocycles. The number of hydrogen-bond donors (Lipinski definition) is 1. The number of nitrogens with one attached hydrogen (secondary N) is 1. The van der Waals surface area contributed by atoms with Crippen molar-refractivity contribution >= 4 is 11.8 Å². The highest BCUT2D eigenvalue weighted by Crippen LogP contribution is 2.22. The summed E-state index contributed by atoms with van der Waals surface area (Å²) in [6.45, 7) is 3.66. The monoisotopic (exact) mass is 394 g/mol. The summed E-state index contributed by atoms with van der Waals surface area (Å²) >= 11 is 0. The molecule has 0 aromatic heterocycles. The Hall–Kier alpha value is -2.66. The molecule has 1 atom stereocenters. The van der Waals surface area contributed by atoms with Crippen LogP contribution in [0.2, 0.25) is 0 Å². The second-order valence-electron chi connectivity index (χ2n) is 7.40. The van der Waals surface area contributed by atoms with Gasteiger partial charge in [0.25, 0.3) is 5.91 Å². The summed E-state index contributed by atoms with van der Waals surface area (Å²) in [5.41, 5.74) is 2.06. The fraction of sp³-hybridized carbons (Fsp3) is 0.417. The molecule has 2 aromatic carbocycles. The lowest BCUT2D eigenvalue weighted by Gasteiger charge is -2.34. The quantitative estimate of drug-likeness (QED) is 0.745. The summed E-state index contributed by atoms with van der Waals surface area (Å²) in [5.74, 6) is 0.0852. The molecule has 1 fully saturated rings. The van der Waals surface area contributed by atoms with Crippen molar-refractivity contribution in [3.63, 3.8) is 0 Å². The minimum atomic E-state index is -0.557. The van der Waals surface area contributed by atoms with Crippen LogP contribution in [-0.2, 0) is 20.7 Å². The number of amides is 2. The number of rotatable bonds is 8. The molecule has 1 aliphatic rings. The van der Waals surface area contributed by atoms with E-state index in [1.54, 1.807) is 0 Å². The molecule has 29 heavy (non-hydrogen) atoms. The second kappa shape index (κ2) is 10.8. The highest BCUT2D eigenvalue weighted by molar-refractivity contribution is 5.82. The topological polar surface area (TPSA) is 58.6 Å². The Morgan fingerprint density at radius 1 is 1.03 bits per heavy atom. The molecule has 3 rings (SSSR count). The van der Waals surface area contributed by atoms with Crippen LogP contribution in [0.1, 0.15) is 43.4 Å². The van der Waals surface area contributed by atoms with Crippen LogP contribution < -0.4 is 5.32 Å². The van der Waals surface area contributed by atoms with E-state index in [-0.39, 0.29) is 17.9 Å². The van der Waals surface area contributed by atoms with Crippen LogP contribution >= 0.6 is 0 Å². The lowest BCUT2D eigenvalue weighted by atomic mass is 10.0. The summed E-state index contributed by atoms with van der Waals surface area (Å²) in [6, 6.07) is 19.8. The van der Waals surface area contributed by atoms with Gasteiger partial charge in [-0.2, -0.15) is 0 Å². The van der Waals surface area contributed by atoms with Crippen LogP contribution in [0.3, 0.4) is 0 Å². The fourth-order valence-corrected chi connectivity index (χ4v) is 3.72. The predicted octanol–water partition coefficient (Wildman–Crippen LogP) is 3.50. The zero-order valence-electron chi connectivity index (χ0n) is 17.0. The SMILES string of the molecule is CCO[C@H](C(=O)N1CCC(NC(=O)CCc2ccccc2)CC1)c1ccccc1. The Labute approximate surface area is 173 Å². The molecule has 1 aliphatic heterocycles. The lowest BCUT2D eigenvalue weighted by Crippen LogP contribution is -2.48. The first-order chi connectivity index (χ1) is 14.2. The summed E-state index contributed by atoms with van der Waals surface area (Å²) in [5, 5.41) is 3.13. The van der Waals surface area contributed by atoms with E-state index < -0.39 is 6.10 Å². The van der Waals surface area contributed by atoms with Crippen LogP contribution in [0.5, 0.6) is 0 Å². The van der Waals surface area contributed by atoms with Crippen LogP contribution in [0.4, 0.5) is 0 Å². The third kappa shape index (κ3) is 6.16. The average Bonchev–Trinajstić information content (AvgIpc) is 2.77. The van der Waals surface area contributed by atoms with E-state index in [0.29, 0.717) is 26.1 Å². The zero-order valence-corrected chi connectivity index (χ0v) is 17.0. The van der Waals surface area contributed by atoms with Crippen molar-refractivity contribution in [3.8, 4) is 0 Å². The maximum absolute atomic E-state index is 13.0. The van der Waals surface area contributed by atoms with Crippen molar-refractivity contribution in [1.82, 2.24) is 10.2 Å². The molecule has 2 aromatic rings. The number of benzene rings is 2. The summed E-state index contributed by atoms with van der Waals surface area (Å²) in [7, 11) is 0. The number of hydrogen-bond acceptors (Lipinski definition) is 3. The molecule has 0 unspecified atom stereocenters. The van der Waals surface area contributed by atoms with Crippen molar-refractivity contribution in [1.29, 1.82) is 0 Å². The van der Waals surface area contributed by atoms with Crippen molar-refractivity contribution in [3.05, 3.63) is 71.8 Å². The molecule has 0 bridgehead atoms. The molecule has 1 N–H and O–H groups in total. The van der Waals surface area contributed by atoms with Crippen LogP contribution in [-0.4, -0.2) is 42.5 Å². The predicted molar refractivity (Wildman–Crippen MR) is 113 cm³/mol. The van der Waals surface area contributed by atoms with Crippen molar-refractivity contribution in [2.24, 2.45) is 0 Å². The number of ether oxygens (including phenoxy) is 1. The van der Waals surface area contributed by atoms with E-state index in [2.05, 4.69) is 5.32 Å². The lowest BCUT2D eigenvalue weighted by molar-refractivity contribution is -0.145. The first-order valence-corrected chi connectivity index (χ1v) is 10.5. The summed E-state index contributed by atoms with van der Waals surface area (Å²) < 4.78 is 5.75. The molecule has 2 amide bonds. The largest absolute Gasteiger partial charge is 0.364 e. The van der Waals surface area contributed by atoms with Gasteiger partial charge in [-0.25, -0.2) is 0 Å². The third-order valence-corrected chi connectivity index (χ3v) is 5.32. The van der Waals surface area contributed by atoms with Gasteiger partial charge in [-0.3, -0.25) is 9.59 Å². The van der Waals surface area contributed by atoms with E-state index in [4.69, 9.17) is 4.74 Å². The van der Waals surface area contributed by atoms with E-state index >= 15 is 0 Å². The van der Waals surface area contributed by atoms with E-state index in [0.717, 1.165) is 24.8 Å². The molecule has 0 spiro atoms. The van der Waals surface area contributed by atoms with Gasteiger partial charge in [0.05, 0.1) is 0 Å². The molecular formula is C24H30N2O3. The van der Waals surface area contributed by atoms with E-state index in [1.807, 2.05) is 72.5 Å². The first kappa shape index (κ1) is 21.1. The number of likely N-dealkylation sites (tertiary alicyclic amines) is 1. The molecule has 0 saturated carbocycles. The Morgan fingerprint density at radius 3 is 2.28 bits per heavy atom. The number of piperidine rings is 1. The van der Waals surface area contributed by atoms with Gasteiger partial charge in [-0.05, 0) is 37.3 Å². The Kier molecular flexibility index (Phi) is 7.82. The molecular weight excluding hydrogens is 364 g/mol. The number of nitrogens with zero attached hydrogens (tertiary/aromatic N) is 1. The fourth-order valence-electron chi connectivity index (χ4n) is 3.72. The van der Waals surface area contributed by atoms with Gasteiger partial charge in [0.1, 0.15) is 0 Å². The molecule has 5 heteroatoms. The molecule has 0 radical (unpaired) electrons. The first-order valence-electron chi connectivity index (χ1n) is 10.5. The Balaban J connectivity index is 1.46. The smallest absolute Gasteiger partial charge is 0.256 e. The van der Waals surface area contributed by atoms with Crippen molar-refractivity contribution in [2.75, 3.05) is 19.7 Å². The van der Waals surface area contributed by atoms with Crippen molar-refractivity contribution in [2.45, 2.75) is 44.8 Å². The zero-order chi connectivity index (χ0) is 20.5. The molecule has 154 valence electrons. The Bertz CT molecular complexity index is 771. The maximum Gasteiger partial charge on any atom is 0.256 e. The van der Waals surface area contributed by atoms with Gasteiger partial charge in [0, 0.05) is 32.2 Å². The second-order valence-corrected chi connectivity index (χ2v) is 7.40. The van der Waals surface area contributed by atoms with Gasteiger partial charge < -0.3 is 15.0 Å². The maximum atomic E-state index is 13.0. The van der Waals surface area contributed by atoms with Crippen LogP contribution in [0, 0.1) is 0 Å². The number of aryl methyl sites for hydroxylation is 1. The molecule has 0 aliphatic carbocycles. The van der Waals surface area contributed by atoms with Gasteiger partial charge >= 0.3 is 0 Å². The Morgan fingerprint density at radius 2 is 1.66 bits per heavy atom. The minimum Gasteiger partial charge on any atom is -0.364 e. The normalized spacial score (nSPS) is 15.7. The van der Waals surface area contributed by atoms with Crippen LogP contribution in [0.15, 0.2) is 60.7 Å². The number of carbonyl (C=O) groups is 2. The van der Waals surface area contributed by atoms with Gasteiger partial charge in [0.2, 0.25) is 5.91 Å². The third-order valence-electron chi connectivity index (χ3n) is 5.32. The molecule has 5 nitrogen and oxygen atoms in total. The standard InChI is InChI=1S/C24H30N2O3/c1-2-29-23(20-11-7-4-8-12-20)24(28)26-17-15-21(16-18-26)25-22(27)14-13-19-9-5-3-6-10-19/h3-12,21,23H,2,13-18H2,1H3,(H,25,27)/t23-/m0/s1. The summed E-state index contributed by atoms with van der Waals surface area (Å²) in [4.78, 5) is 27.1. The molecule has 1 saturated heterocycles.